The van der Waals surface area contributed by atoms with Gasteiger partial charge in [0, 0.05) is 23.4 Å². The summed E-state index contributed by atoms with van der Waals surface area (Å²) in [4.78, 5) is 35.2. The van der Waals surface area contributed by atoms with E-state index in [0.717, 1.165) is 4.57 Å². The monoisotopic (exact) mass is 407 g/mol. The van der Waals surface area contributed by atoms with Crippen molar-refractivity contribution in [1.82, 2.24) is 9.55 Å². The van der Waals surface area contributed by atoms with Gasteiger partial charge in [0.1, 0.15) is 12.2 Å². The van der Waals surface area contributed by atoms with Gasteiger partial charge < -0.3 is 19.3 Å². The van der Waals surface area contributed by atoms with Gasteiger partial charge in [-0.25, -0.2) is 4.79 Å². The molecule has 1 aromatic heterocycles. The van der Waals surface area contributed by atoms with Crippen molar-refractivity contribution in [2.24, 2.45) is 0 Å². The van der Waals surface area contributed by atoms with Crippen LogP contribution in [0.2, 0.25) is 0 Å². The first-order valence-electron chi connectivity index (χ1n) is 8.29. The lowest BCUT2D eigenvalue weighted by atomic mass is 10.1. The zero-order valence-electron chi connectivity index (χ0n) is 15.4. The van der Waals surface area contributed by atoms with Crippen molar-refractivity contribution < 1.29 is 33.3 Å². The number of nitrogens with zero attached hydrogens (tertiary/aromatic N) is 1. The number of aliphatic hydroxyl groups is 1. The molecule has 0 bridgehead atoms. The first-order chi connectivity index (χ1) is 12.7. The SMILES string of the molecule is CO[C@@H](C)[C@H](C)OC1C(O[P+](=O)O)[C@@H](CO)O[C@H]1n1cc(C)c(=O)[nH]c1=O. The zero-order chi connectivity index (χ0) is 20.3. The second-order valence-corrected chi connectivity index (χ2v) is 6.97. The summed E-state index contributed by atoms with van der Waals surface area (Å²) in [5.41, 5.74) is -1.03. The van der Waals surface area contributed by atoms with Crippen LogP contribution in [0.25, 0.3) is 0 Å². The Labute approximate surface area is 155 Å². The number of hydrogen-bond donors (Lipinski definition) is 3. The maximum atomic E-state index is 12.3. The number of methoxy groups -OCH3 is 1. The second kappa shape index (κ2) is 9.16. The largest absolute Gasteiger partial charge is 0.695 e. The maximum Gasteiger partial charge on any atom is 0.695 e. The lowest BCUT2D eigenvalue weighted by Gasteiger charge is -2.28. The molecule has 0 amide bonds. The molecule has 12 heteroatoms. The Morgan fingerprint density at radius 2 is 2.00 bits per heavy atom. The summed E-state index contributed by atoms with van der Waals surface area (Å²) < 4.78 is 34.2. The Bertz CT molecular complexity index is 779. The van der Waals surface area contributed by atoms with Gasteiger partial charge in [-0.15, -0.1) is 9.42 Å². The summed E-state index contributed by atoms with van der Waals surface area (Å²) in [6.07, 6.45) is -3.81. The average Bonchev–Trinajstić information content (AvgIpc) is 2.94. The Hall–Kier alpha value is -1.46. The highest BCUT2D eigenvalue weighted by atomic mass is 31.1. The third-order valence-electron chi connectivity index (χ3n) is 4.50. The van der Waals surface area contributed by atoms with E-state index in [1.54, 1.807) is 13.8 Å². The molecule has 0 aromatic carbocycles. The van der Waals surface area contributed by atoms with Crippen molar-refractivity contribution in [2.45, 2.75) is 57.5 Å². The molecule has 1 fully saturated rings. The molecule has 0 saturated carbocycles. The number of aromatic nitrogens is 2. The fraction of sp³-hybridized carbons (Fsp3) is 0.733. The number of ether oxygens (including phenoxy) is 3. The summed E-state index contributed by atoms with van der Waals surface area (Å²) in [6, 6.07) is 0. The van der Waals surface area contributed by atoms with Gasteiger partial charge in [0.15, 0.2) is 12.3 Å². The number of hydrogen-bond acceptors (Lipinski definition) is 8. The fourth-order valence-corrected chi connectivity index (χ4v) is 3.24. The van der Waals surface area contributed by atoms with Gasteiger partial charge >= 0.3 is 13.9 Å². The number of rotatable bonds is 8. The molecule has 11 nitrogen and oxygen atoms in total. The van der Waals surface area contributed by atoms with E-state index >= 15 is 0 Å². The lowest BCUT2D eigenvalue weighted by molar-refractivity contribution is -0.127. The summed E-state index contributed by atoms with van der Waals surface area (Å²) in [5.74, 6) is 0. The molecule has 1 aliphatic heterocycles. The van der Waals surface area contributed by atoms with E-state index in [-0.39, 0.29) is 11.7 Å². The molecule has 0 radical (unpaired) electrons. The summed E-state index contributed by atoms with van der Waals surface area (Å²) in [5, 5.41) is 9.58. The Morgan fingerprint density at radius 1 is 1.33 bits per heavy atom. The fourth-order valence-electron chi connectivity index (χ4n) is 2.78. The molecule has 1 aromatic rings. The molecular weight excluding hydrogens is 383 g/mol. The summed E-state index contributed by atoms with van der Waals surface area (Å²) in [6.45, 7) is 4.46. The summed E-state index contributed by atoms with van der Waals surface area (Å²) >= 11 is 0. The van der Waals surface area contributed by atoms with Crippen LogP contribution in [-0.2, 0) is 23.3 Å². The zero-order valence-corrected chi connectivity index (χ0v) is 16.3. The van der Waals surface area contributed by atoms with Crippen molar-refractivity contribution in [3.05, 3.63) is 32.6 Å². The van der Waals surface area contributed by atoms with Crippen molar-refractivity contribution in [2.75, 3.05) is 13.7 Å². The number of aryl methyl sites for hydroxylation is 1. The van der Waals surface area contributed by atoms with Gasteiger partial charge in [0.25, 0.3) is 5.56 Å². The topological polar surface area (TPSA) is 149 Å². The third kappa shape index (κ3) is 4.88. The molecule has 0 aliphatic carbocycles. The second-order valence-electron chi connectivity index (χ2n) is 6.28. The smallest absolute Gasteiger partial charge is 0.394 e. The molecule has 152 valence electrons. The maximum absolute atomic E-state index is 12.3. The minimum absolute atomic E-state index is 0.258. The van der Waals surface area contributed by atoms with E-state index in [1.165, 1.54) is 20.2 Å². The van der Waals surface area contributed by atoms with Crippen LogP contribution < -0.4 is 11.2 Å². The van der Waals surface area contributed by atoms with Gasteiger partial charge in [-0.3, -0.25) is 14.3 Å². The van der Waals surface area contributed by atoms with Crippen LogP contribution in [0.5, 0.6) is 0 Å². The van der Waals surface area contributed by atoms with Crippen LogP contribution in [0.3, 0.4) is 0 Å². The molecule has 0 spiro atoms. The number of nitrogens with one attached hydrogen (secondary N) is 1. The van der Waals surface area contributed by atoms with Crippen LogP contribution >= 0.6 is 8.25 Å². The van der Waals surface area contributed by atoms with E-state index in [2.05, 4.69) is 4.98 Å². The van der Waals surface area contributed by atoms with Crippen LogP contribution in [0.4, 0.5) is 0 Å². The van der Waals surface area contributed by atoms with Crippen LogP contribution in [0.1, 0.15) is 25.6 Å². The van der Waals surface area contributed by atoms with E-state index in [1.807, 2.05) is 0 Å². The van der Waals surface area contributed by atoms with Crippen LogP contribution in [0.15, 0.2) is 15.8 Å². The molecular formula is C15H24N2O9P+. The number of aliphatic hydroxyl groups excluding tert-OH is 1. The summed E-state index contributed by atoms with van der Waals surface area (Å²) in [7, 11) is -1.52. The van der Waals surface area contributed by atoms with Crippen molar-refractivity contribution in [3.8, 4) is 0 Å². The van der Waals surface area contributed by atoms with Gasteiger partial charge in [0.05, 0.1) is 18.8 Å². The molecule has 2 rings (SSSR count). The van der Waals surface area contributed by atoms with Crippen molar-refractivity contribution in [3.63, 3.8) is 0 Å². The quantitative estimate of drug-likeness (QED) is 0.488. The van der Waals surface area contributed by atoms with Crippen LogP contribution in [-0.4, -0.2) is 63.8 Å². The van der Waals surface area contributed by atoms with Gasteiger partial charge in [-0.1, -0.05) is 0 Å². The van der Waals surface area contributed by atoms with Gasteiger partial charge in [-0.05, 0) is 20.8 Å². The predicted octanol–water partition coefficient (Wildman–Crippen LogP) is -0.422. The molecule has 7 atom stereocenters. The third-order valence-corrected chi connectivity index (χ3v) is 4.93. The number of H-pyrrole nitrogens is 1. The molecule has 2 heterocycles. The van der Waals surface area contributed by atoms with Gasteiger partial charge in [0.2, 0.25) is 0 Å². The minimum Gasteiger partial charge on any atom is -0.394 e. The predicted molar refractivity (Wildman–Crippen MR) is 92.6 cm³/mol. The lowest BCUT2D eigenvalue weighted by Crippen LogP contribution is -2.43. The normalized spacial score (nSPS) is 28.1. The number of aromatic amines is 1. The molecule has 1 saturated heterocycles. The first-order valence-corrected chi connectivity index (χ1v) is 9.42. The molecule has 3 unspecified atom stereocenters. The van der Waals surface area contributed by atoms with Crippen LogP contribution in [0, 0.1) is 6.92 Å². The first kappa shape index (κ1) is 21.8. The van der Waals surface area contributed by atoms with Crippen molar-refractivity contribution in [1.29, 1.82) is 0 Å². The van der Waals surface area contributed by atoms with Gasteiger partial charge in [-0.2, -0.15) is 0 Å². The highest BCUT2D eigenvalue weighted by Gasteiger charge is 2.52. The molecule has 1 aliphatic rings. The Morgan fingerprint density at radius 3 is 2.56 bits per heavy atom. The highest BCUT2D eigenvalue weighted by Crippen LogP contribution is 2.37. The van der Waals surface area contributed by atoms with E-state index in [4.69, 9.17) is 18.7 Å². The van der Waals surface area contributed by atoms with Crippen molar-refractivity contribution >= 4 is 8.25 Å². The van der Waals surface area contributed by atoms with E-state index < -0.39 is 56.8 Å². The highest BCUT2D eigenvalue weighted by molar-refractivity contribution is 7.32. The standard InChI is InChI=1S/C15H23N2O9P/c1-7-5-17(15(20)16-13(7)19)14-12(24-9(3)8(2)23-4)11(26-27(21)22)10(6-18)25-14/h5,8-12,14,18H,6H2,1-4H3,(H-,16,19,20,21,22)/p+1/t8-,9-,10+,11?,12?,14+/m0/s1. The Balaban J connectivity index is 2.46. The average molecular weight is 407 g/mol. The minimum atomic E-state index is -3.02. The Kier molecular flexibility index (Phi) is 7.40. The van der Waals surface area contributed by atoms with E-state index in [9.17, 15) is 24.2 Å². The molecule has 27 heavy (non-hydrogen) atoms. The molecule has 3 N–H and O–H groups in total. The van der Waals surface area contributed by atoms with E-state index in [0.29, 0.717) is 0 Å².